The predicted molar refractivity (Wildman–Crippen MR) is 97.2 cm³/mol. The monoisotopic (exact) mass is 378 g/mol. The third-order valence-electron chi connectivity index (χ3n) is 3.98. The molecule has 0 heterocycles. The standard InChI is InChI=1S/C13H9.C7H9.2CH3.Zr/c1-3-7-12-10(5-1)9-11-6-2-4-8-13(11)12;1-6-4-3-5-7(6)2;;;/h1-5,7-8H,9H2;4H,5H2,1-2H3;2*1H3;/q4*-1;+4. The van der Waals surface area contributed by atoms with Crippen LogP contribution in [-0.2, 0) is 32.6 Å². The molecule has 2 aromatic rings. The molecule has 0 saturated heterocycles. The second-order valence-electron chi connectivity index (χ2n) is 5.38. The third kappa shape index (κ3) is 4.88. The Hall–Kier alpha value is -1.20. The summed E-state index contributed by atoms with van der Waals surface area (Å²) in [5.74, 6) is 0. The maximum absolute atomic E-state index is 3.30. The number of hydrogen-bond donors (Lipinski definition) is 0. The van der Waals surface area contributed by atoms with E-state index in [1.807, 2.05) is 6.07 Å². The molecule has 0 amide bonds. The first-order valence-corrected chi connectivity index (χ1v) is 7.06. The number of hydrogen-bond acceptors (Lipinski definition) is 0. The molecule has 0 radical (unpaired) electrons. The van der Waals surface area contributed by atoms with Gasteiger partial charge < -0.3 is 14.9 Å². The van der Waals surface area contributed by atoms with E-state index in [1.54, 1.807) is 0 Å². The minimum absolute atomic E-state index is 0. The van der Waals surface area contributed by atoms with Gasteiger partial charge in [0.25, 0.3) is 0 Å². The normalized spacial score (nSPS) is 12.8. The van der Waals surface area contributed by atoms with E-state index in [-0.39, 0.29) is 41.1 Å². The molecule has 2 aliphatic rings. The van der Waals surface area contributed by atoms with Crippen molar-refractivity contribution in [3.8, 4) is 11.1 Å². The van der Waals surface area contributed by atoms with E-state index in [2.05, 4.69) is 68.5 Å². The summed E-state index contributed by atoms with van der Waals surface area (Å²) in [5, 5.41) is 0. The zero-order valence-electron chi connectivity index (χ0n) is 14.5. The molecule has 0 saturated carbocycles. The molecule has 2 aliphatic carbocycles. The first-order valence-electron chi connectivity index (χ1n) is 7.06. The van der Waals surface area contributed by atoms with Gasteiger partial charge in [-0.05, 0) is 6.42 Å². The van der Waals surface area contributed by atoms with Crippen molar-refractivity contribution in [1.82, 2.24) is 0 Å². The van der Waals surface area contributed by atoms with Gasteiger partial charge >= 0.3 is 26.2 Å². The number of allylic oxidation sites excluding steroid dienone is 4. The van der Waals surface area contributed by atoms with Crippen LogP contribution in [0.4, 0.5) is 0 Å². The van der Waals surface area contributed by atoms with Crippen molar-refractivity contribution in [2.45, 2.75) is 26.7 Å². The topological polar surface area (TPSA) is 0 Å². The van der Waals surface area contributed by atoms with Crippen LogP contribution in [0.1, 0.15) is 31.4 Å². The first-order chi connectivity index (χ1) is 9.75. The van der Waals surface area contributed by atoms with Crippen LogP contribution in [-0.4, -0.2) is 0 Å². The molecular formula is C22H24Zr. The fourth-order valence-electron chi connectivity index (χ4n) is 2.62. The Morgan fingerprint density at radius 2 is 1.61 bits per heavy atom. The predicted octanol–water partition coefficient (Wildman–Crippen LogP) is 6.04. The summed E-state index contributed by atoms with van der Waals surface area (Å²) in [5.41, 5.74) is 8.36. The molecule has 0 unspecified atom stereocenters. The molecule has 23 heavy (non-hydrogen) atoms. The first kappa shape index (κ1) is 21.8. The Labute approximate surface area is 161 Å². The SMILES string of the molecule is CC1=C(C)C[C-]=C1.[CH3-].[CH3-].[Zr+4].[c-]1cccc2c1Cc1ccccc1-2. The van der Waals surface area contributed by atoms with E-state index in [9.17, 15) is 0 Å². The van der Waals surface area contributed by atoms with Gasteiger partial charge in [0.05, 0.1) is 0 Å². The van der Waals surface area contributed by atoms with Crippen molar-refractivity contribution in [2.24, 2.45) is 0 Å². The fraction of sp³-hybridized carbons (Fsp3) is 0.182. The molecule has 0 nitrogen and oxygen atoms in total. The van der Waals surface area contributed by atoms with Crippen molar-refractivity contribution in [3.05, 3.63) is 97.8 Å². The van der Waals surface area contributed by atoms with Crippen molar-refractivity contribution in [3.63, 3.8) is 0 Å². The number of rotatable bonds is 0. The maximum Gasteiger partial charge on any atom is 4.00 e. The molecular weight excluding hydrogens is 355 g/mol. The summed E-state index contributed by atoms with van der Waals surface area (Å²) in [7, 11) is 0. The van der Waals surface area contributed by atoms with Crippen molar-refractivity contribution in [1.29, 1.82) is 0 Å². The average Bonchev–Trinajstić information content (AvgIpc) is 3.03. The molecule has 1 heteroatoms. The number of fused-ring (bicyclic) bond motifs is 3. The molecule has 0 atom stereocenters. The average molecular weight is 380 g/mol. The maximum atomic E-state index is 3.30. The zero-order chi connectivity index (χ0) is 13.9. The van der Waals surface area contributed by atoms with E-state index in [4.69, 9.17) is 0 Å². The van der Waals surface area contributed by atoms with Gasteiger partial charge in [-0.3, -0.25) is 6.08 Å². The smallest absolute Gasteiger partial charge is 0.358 e. The molecule has 0 aromatic heterocycles. The Bertz CT molecular complexity index is 649. The molecule has 0 fully saturated rings. The largest absolute Gasteiger partial charge is 4.00 e. The van der Waals surface area contributed by atoms with Crippen LogP contribution in [0.15, 0.2) is 59.7 Å². The minimum Gasteiger partial charge on any atom is -0.358 e. The molecule has 0 bridgehead atoms. The quantitative estimate of drug-likeness (QED) is 0.418. The second-order valence-corrected chi connectivity index (χ2v) is 5.38. The van der Waals surface area contributed by atoms with Gasteiger partial charge in [0.15, 0.2) is 0 Å². The van der Waals surface area contributed by atoms with Crippen LogP contribution >= 0.6 is 0 Å². The second kappa shape index (κ2) is 9.83. The summed E-state index contributed by atoms with van der Waals surface area (Å²) in [4.78, 5) is 0. The molecule has 2 aromatic carbocycles. The zero-order valence-corrected chi connectivity index (χ0v) is 17.0. The summed E-state index contributed by atoms with van der Waals surface area (Å²) in [6, 6.07) is 18.1. The van der Waals surface area contributed by atoms with Crippen LogP contribution in [0.3, 0.4) is 0 Å². The number of benzene rings is 2. The van der Waals surface area contributed by atoms with E-state index >= 15 is 0 Å². The summed E-state index contributed by atoms with van der Waals surface area (Å²) in [6.07, 6.45) is 7.27. The molecule has 116 valence electrons. The van der Waals surface area contributed by atoms with Gasteiger partial charge in [0.1, 0.15) is 0 Å². The van der Waals surface area contributed by atoms with E-state index in [1.165, 1.54) is 33.4 Å². The fourth-order valence-corrected chi connectivity index (χ4v) is 2.62. The van der Waals surface area contributed by atoms with Crippen LogP contribution in [0.5, 0.6) is 0 Å². The van der Waals surface area contributed by atoms with Crippen LogP contribution in [0.2, 0.25) is 0 Å². The Morgan fingerprint density at radius 1 is 0.913 bits per heavy atom. The molecule has 0 spiro atoms. The molecule has 4 rings (SSSR count). The van der Waals surface area contributed by atoms with Gasteiger partial charge in [-0.15, -0.1) is 18.9 Å². The van der Waals surface area contributed by atoms with Crippen molar-refractivity contribution in [2.75, 3.05) is 0 Å². The Kier molecular flexibility index (Phi) is 9.32. The van der Waals surface area contributed by atoms with Gasteiger partial charge in [-0.1, -0.05) is 42.3 Å². The molecule has 0 aliphatic heterocycles. The van der Waals surface area contributed by atoms with Gasteiger partial charge in [0, 0.05) is 0 Å². The summed E-state index contributed by atoms with van der Waals surface area (Å²) >= 11 is 0. The van der Waals surface area contributed by atoms with E-state index in [0.29, 0.717) is 0 Å². The van der Waals surface area contributed by atoms with Gasteiger partial charge in [-0.2, -0.15) is 35.4 Å². The van der Waals surface area contributed by atoms with E-state index < -0.39 is 0 Å². The summed E-state index contributed by atoms with van der Waals surface area (Å²) in [6.45, 7) is 4.27. The Morgan fingerprint density at radius 3 is 2.22 bits per heavy atom. The third-order valence-corrected chi connectivity index (χ3v) is 3.98. The van der Waals surface area contributed by atoms with Crippen LogP contribution in [0.25, 0.3) is 11.1 Å². The van der Waals surface area contributed by atoms with Crippen molar-refractivity contribution >= 4 is 0 Å². The summed E-state index contributed by atoms with van der Waals surface area (Å²) < 4.78 is 0. The minimum atomic E-state index is 0. The Balaban J connectivity index is 0.000000426. The van der Waals surface area contributed by atoms with Gasteiger partial charge in [-0.25, -0.2) is 11.6 Å². The molecule has 0 N–H and O–H groups in total. The van der Waals surface area contributed by atoms with Crippen LogP contribution < -0.4 is 0 Å². The van der Waals surface area contributed by atoms with Crippen molar-refractivity contribution < 1.29 is 26.2 Å². The van der Waals surface area contributed by atoms with Gasteiger partial charge in [0.2, 0.25) is 0 Å². The van der Waals surface area contributed by atoms with E-state index in [0.717, 1.165) is 12.8 Å². The van der Waals surface area contributed by atoms with Crippen LogP contribution in [0, 0.1) is 27.0 Å².